The first kappa shape index (κ1) is 13.0. The van der Waals surface area contributed by atoms with E-state index < -0.39 is 0 Å². The molecule has 0 bridgehead atoms. The van der Waals surface area contributed by atoms with Gasteiger partial charge >= 0.3 is 0 Å². The fraction of sp³-hybridized carbons (Fsp3) is 0.600. The lowest BCUT2D eigenvalue weighted by Crippen LogP contribution is -2.36. The zero-order chi connectivity index (χ0) is 12.3. The molecule has 2 unspecified atom stereocenters. The minimum absolute atomic E-state index is 0.660. The molecule has 2 rings (SSSR count). The molecule has 0 saturated heterocycles. The Labute approximate surface area is 109 Å². The van der Waals surface area contributed by atoms with E-state index in [1.165, 1.54) is 17.1 Å². The molecule has 1 aliphatic rings. The quantitative estimate of drug-likeness (QED) is 0.849. The Morgan fingerprint density at radius 1 is 1.35 bits per heavy atom. The summed E-state index contributed by atoms with van der Waals surface area (Å²) >= 11 is 2.00. The van der Waals surface area contributed by atoms with Gasteiger partial charge in [0.05, 0.1) is 0 Å². The molecule has 0 saturated carbocycles. The summed E-state index contributed by atoms with van der Waals surface area (Å²) in [6.45, 7) is 8.01. The van der Waals surface area contributed by atoms with Crippen molar-refractivity contribution in [3.8, 4) is 0 Å². The van der Waals surface area contributed by atoms with Gasteiger partial charge in [-0.1, -0.05) is 39.0 Å². The fourth-order valence-corrected chi connectivity index (χ4v) is 3.80. The van der Waals surface area contributed by atoms with E-state index in [1.807, 2.05) is 11.8 Å². The van der Waals surface area contributed by atoms with Crippen molar-refractivity contribution in [3.05, 3.63) is 29.8 Å². The third-order valence-electron chi connectivity index (χ3n) is 3.67. The number of thioether (sulfide) groups is 1. The summed E-state index contributed by atoms with van der Waals surface area (Å²) in [4.78, 5) is 1.48. The molecule has 1 aromatic rings. The van der Waals surface area contributed by atoms with E-state index in [4.69, 9.17) is 0 Å². The summed E-state index contributed by atoms with van der Waals surface area (Å²) in [6, 6.07) is 9.51. The number of hydrogen-bond acceptors (Lipinski definition) is 2. The van der Waals surface area contributed by atoms with E-state index in [0.29, 0.717) is 12.0 Å². The third kappa shape index (κ3) is 3.05. The number of rotatable bonds is 5. The molecular weight excluding hydrogens is 226 g/mol. The number of hydrogen-bond donors (Lipinski definition) is 1. The average molecular weight is 249 g/mol. The lowest BCUT2D eigenvalue weighted by atomic mass is 9.98. The highest BCUT2D eigenvalue weighted by Crippen LogP contribution is 2.38. The van der Waals surface area contributed by atoms with Gasteiger partial charge in [0.15, 0.2) is 0 Å². The first-order valence-electron chi connectivity index (χ1n) is 6.67. The summed E-state index contributed by atoms with van der Waals surface area (Å²) in [6.07, 6.45) is 1.22. The zero-order valence-corrected chi connectivity index (χ0v) is 11.9. The molecule has 1 heterocycles. The van der Waals surface area contributed by atoms with Gasteiger partial charge in [-0.15, -0.1) is 11.8 Å². The molecule has 0 spiro atoms. The smallest absolute Gasteiger partial charge is 0.0108 e. The van der Waals surface area contributed by atoms with Gasteiger partial charge in [0, 0.05) is 29.2 Å². The monoisotopic (exact) mass is 249 g/mol. The van der Waals surface area contributed by atoms with Gasteiger partial charge < -0.3 is 5.32 Å². The first-order chi connectivity index (χ1) is 8.22. The molecule has 1 N–H and O–H groups in total. The highest BCUT2D eigenvalue weighted by atomic mass is 32.2. The average Bonchev–Trinajstić information content (AvgIpc) is 2.73. The van der Waals surface area contributed by atoms with Gasteiger partial charge in [-0.2, -0.15) is 0 Å². The van der Waals surface area contributed by atoms with Crippen LogP contribution in [0.15, 0.2) is 29.2 Å². The van der Waals surface area contributed by atoms with Crippen LogP contribution in [0.3, 0.4) is 0 Å². The van der Waals surface area contributed by atoms with Crippen LogP contribution in [0.25, 0.3) is 0 Å². The minimum atomic E-state index is 0.660. The maximum absolute atomic E-state index is 3.74. The van der Waals surface area contributed by atoms with Crippen molar-refractivity contribution in [2.75, 3.05) is 12.3 Å². The summed E-state index contributed by atoms with van der Waals surface area (Å²) in [5, 5.41) is 3.74. The number of fused-ring (bicyclic) bond motifs is 1. The first-order valence-corrected chi connectivity index (χ1v) is 7.66. The second-order valence-corrected chi connectivity index (χ2v) is 6.27. The molecule has 1 aliphatic heterocycles. The second kappa shape index (κ2) is 5.92. The molecule has 1 aromatic carbocycles. The topological polar surface area (TPSA) is 12.0 Å². The van der Waals surface area contributed by atoms with Gasteiger partial charge in [0.1, 0.15) is 0 Å². The maximum Gasteiger partial charge on any atom is 0.0108 e. The summed E-state index contributed by atoms with van der Waals surface area (Å²) < 4.78 is 0. The minimum Gasteiger partial charge on any atom is -0.313 e. The summed E-state index contributed by atoms with van der Waals surface area (Å²) in [5.74, 6) is 2.66. The normalized spacial score (nSPS) is 20.6. The Morgan fingerprint density at radius 3 is 2.82 bits per heavy atom. The molecule has 2 atom stereocenters. The Balaban J connectivity index is 1.93. The van der Waals surface area contributed by atoms with E-state index >= 15 is 0 Å². The van der Waals surface area contributed by atoms with Crippen LogP contribution < -0.4 is 5.32 Å². The van der Waals surface area contributed by atoms with E-state index in [9.17, 15) is 0 Å². The van der Waals surface area contributed by atoms with Crippen molar-refractivity contribution < 1.29 is 0 Å². The van der Waals surface area contributed by atoms with Crippen LogP contribution in [0, 0.1) is 5.92 Å². The lowest BCUT2D eigenvalue weighted by Gasteiger charge is -2.23. The van der Waals surface area contributed by atoms with Crippen molar-refractivity contribution in [3.63, 3.8) is 0 Å². The molecule has 94 valence electrons. The molecule has 0 aliphatic carbocycles. The van der Waals surface area contributed by atoms with Gasteiger partial charge in [0.25, 0.3) is 0 Å². The van der Waals surface area contributed by atoms with E-state index in [-0.39, 0.29) is 0 Å². The largest absolute Gasteiger partial charge is 0.313 e. The van der Waals surface area contributed by atoms with Crippen molar-refractivity contribution in [1.29, 1.82) is 0 Å². The van der Waals surface area contributed by atoms with E-state index in [2.05, 4.69) is 50.4 Å². The predicted octanol–water partition coefficient (Wildman–Crippen LogP) is 3.90. The Bertz CT molecular complexity index is 362. The van der Waals surface area contributed by atoms with Crippen molar-refractivity contribution in [1.82, 2.24) is 5.32 Å². The molecule has 0 radical (unpaired) electrons. The van der Waals surface area contributed by atoms with Gasteiger partial charge in [0.2, 0.25) is 0 Å². The van der Waals surface area contributed by atoms with Crippen LogP contribution in [-0.4, -0.2) is 18.3 Å². The van der Waals surface area contributed by atoms with Gasteiger partial charge in [-0.05, 0) is 24.0 Å². The standard InChI is InChI=1S/C15H23NS/c1-4-14(11(2)3)16-9-12-10-17-15-8-6-5-7-13(12)15/h5-8,11-12,14,16H,4,9-10H2,1-3H3. The SMILES string of the molecule is CCC(NCC1CSc2ccccc21)C(C)C. The predicted molar refractivity (Wildman–Crippen MR) is 76.8 cm³/mol. The zero-order valence-electron chi connectivity index (χ0n) is 11.1. The van der Waals surface area contributed by atoms with E-state index in [0.717, 1.165) is 12.5 Å². The molecule has 17 heavy (non-hydrogen) atoms. The summed E-state index contributed by atoms with van der Waals surface area (Å²) in [7, 11) is 0. The molecule has 0 aromatic heterocycles. The Kier molecular flexibility index (Phi) is 4.52. The number of benzene rings is 1. The van der Waals surface area contributed by atoms with Gasteiger partial charge in [-0.25, -0.2) is 0 Å². The van der Waals surface area contributed by atoms with Crippen LogP contribution in [0.5, 0.6) is 0 Å². The van der Waals surface area contributed by atoms with Crippen LogP contribution in [-0.2, 0) is 0 Å². The molecule has 1 nitrogen and oxygen atoms in total. The molecule has 0 amide bonds. The number of nitrogens with one attached hydrogen (secondary N) is 1. The molecule has 0 fully saturated rings. The van der Waals surface area contributed by atoms with Gasteiger partial charge in [-0.3, -0.25) is 0 Å². The Hall–Kier alpha value is -0.470. The van der Waals surface area contributed by atoms with Crippen LogP contribution in [0.1, 0.15) is 38.7 Å². The summed E-state index contributed by atoms with van der Waals surface area (Å²) in [5.41, 5.74) is 1.55. The lowest BCUT2D eigenvalue weighted by molar-refractivity contribution is 0.382. The maximum atomic E-state index is 3.74. The highest BCUT2D eigenvalue weighted by Gasteiger charge is 2.23. The highest BCUT2D eigenvalue weighted by molar-refractivity contribution is 7.99. The second-order valence-electron chi connectivity index (χ2n) is 5.21. The van der Waals surface area contributed by atoms with Crippen LogP contribution in [0.4, 0.5) is 0 Å². The van der Waals surface area contributed by atoms with Crippen molar-refractivity contribution in [2.24, 2.45) is 5.92 Å². The molecular formula is C15H23NS. The van der Waals surface area contributed by atoms with Crippen molar-refractivity contribution >= 4 is 11.8 Å². The van der Waals surface area contributed by atoms with Crippen molar-refractivity contribution in [2.45, 2.75) is 44.0 Å². The van der Waals surface area contributed by atoms with Crippen LogP contribution >= 0.6 is 11.8 Å². The third-order valence-corrected chi connectivity index (χ3v) is 4.92. The fourth-order valence-electron chi connectivity index (χ4n) is 2.54. The Morgan fingerprint density at radius 2 is 2.12 bits per heavy atom. The van der Waals surface area contributed by atoms with Crippen LogP contribution in [0.2, 0.25) is 0 Å². The van der Waals surface area contributed by atoms with E-state index in [1.54, 1.807) is 5.56 Å². The molecule has 2 heteroatoms.